The maximum atomic E-state index is 12.4. The van der Waals surface area contributed by atoms with E-state index in [-0.39, 0.29) is 18.4 Å². The molecule has 1 aromatic heterocycles. The number of hydrogen-bond donors (Lipinski definition) is 2. The number of carbonyl (C=O) groups excluding carboxylic acids is 1. The number of carboxylic acid groups (broad SMARTS) is 1. The highest BCUT2D eigenvalue weighted by Gasteiger charge is 2.27. The van der Waals surface area contributed by atoms with Crippen LogP contribution in [0.3, 0.4) is 0 Å². The van der Waals surface area contributed by atoms with Crippen LogP contribution in [0.1, 0.15) is 17.9 Å². The van der Waals surface area contributed by atoms with Crippen LogP contribution in [0.25, 0.3) is 0 Å². The summed E-state index contributed by atoms with van der Waals surface area (Å²) in [5, 5.41) is 15.4. The van der Waals surface area contributed by atoms with E-state index in [1.807, 2.05) is 24.3 Å². The van der Waals surface area contributed by atoms with Crippen molar-refractivity contribution in [2.45, 2.75) is 18.9 Å². The smallest absolute Gasteiger partial charge is 0.325 e. The zero-order chi connectivity index (χ0) is 15.5. The summed E-state index contributed by atoms with van der Waals surface area (Å²) < 4.78 is 6.80. The number of carbonyl (C=O) groups is 2. The molecule has 1 amide bonds. The number of para-hydroxylation sites is 1. The molecule has 1 atom stereocenters. The zero-order valence-electron chi connectivity index (χ0n) is 11.7. The van der Waals surface area contributed by atoms with Crippen molar-refractivity contribution in [3.05, 3.63) is 42.1 Å². The van der Waals surface area contributed by atoms with Crippen molar-refractivity contribution in [1.82, 2.24) is 9.78 Å². The molecule has 0 aliphatic carbocycles. The molecule has 2 N–H and O–H groups in total. The van der Waals surface area contributed by atoms with Crippen molar-refractivity contribution in [3.63, 3.8) is 0 Å². The first kappa shape index (κ1) is 14.1. The molecule has 2 heterocycles. The first-order chi connectivity index (χ1) is 10.6. The Hall–Kier alpha value is -2.83. The van der Waals surface area contributed by atoms with E-state index in [0.717, 1.165) is 11.3 Å². The SMILES string of the molecule is O=C(O)Cn1ccc(NC(=O)C2CCOc3ccccc32)n1. The molecule has 1 aliphatic heterocycles. The minimum absolute atomic E-state index is 0.170. The Morgan fingerprint density at radius 3 is 3.00 bits per heavy atom. The molecule has 1 aromatic carbocycles. The van der Waals surface area contributed by atoms with Gasteiger partial charge < -0.3 is 15.2 Å². The van der Waals surface area contributed by atoms with E-state index in [1.54, 1.807) is 6.07 Å². The second-order valence-electron chi connectivity index (χ2n) is 5.01. The average Bonchev–Trinajstić information content (AvgIpc) is 2.92. The number of hydrogen-bond acceptors (Lipinski definition) is 4. The number of benzene rings is 1. The largest absolute Gasteiger partial charge is 0.493 e. The lowest BCUT2D eigenvalue weighted by molar-refractivity contribution is -0.137. The summed E-state index contributed by atoms with van der Waals surface area (Å²) >= 11 is 0. The second kappa shape index (κ2) is 5.88. The monoisotopic (exact) mass is 301 g/mol. The quantitative estimate of drug-likeness (QED) is 0.892. The number of aliphatic carboxylic acids is 1. The summed E-state index contributed by atoms with van der Waals surface area (Å²) in [7, 11) is 0. The van der Waals surface area contributed by atoms with Gasteiger partial charge in [-0.15, -0.1) is 0 Å². The number of amides is 1. The normalized spacial score (nSPS) is 16.5. The Labute approximate surface area is 126 Å². The number of fused-ring (bicyclic) bond motifs is 1. The lowest BCUT2D eigenvalue weighted by Crippen LogP contribution is -2.26. The second-order valence-corrected chi connectivity index (χ2v) is 5.01. The third-order valence-corrected chi connectivity index (χ3v) is 3.46. The molecule has 1 aliphatic rings. The van der Waals surface area contributed by atoms with Crippen molar-refractivity contribution < 1.29 is 19.4 Å². The molecule has 22 heavy (non-hydrogen) atoms. The predicted molar refractivity (Wildman–Crippen MR) is 77.8 cm³/mol. The van der Waals surface area contributed by atoms with E-state index < -0.39 is 5.97 Å². The van der Waals surface area contributed by atoms with E-state index in [1.165, 1.54) is 10.9 Å². The third kappa shape index (κ3) is 2.93. The molecule has 2 aromatic rings. The minimum atomic E-state index is -0.987. The van der Waals surface area contributed by atoms with Crippen LogP contribution in [0.4, 0.5) is 5.82 Å². The Balaban J connectivity index is 1.73. The molecule has 7 heteroatoms. The number of ether oxygens (including phenoxy) is 1. The first-order valence-corrected chi connectivity index (χ1v) is 6.91. The van der Waals surface area contributed by atoms with Gasteiger partial charge in [0.15, 0.2) is 5.82 Å². The number of anilines is 1. The topological polar surface area (TPSA) is 93.5 Å². The molecule has 7 nitrogen and oxygen atoms in total. The summed E-state index contributed by atoms with van der Waals surface area (Å²) in [5.74, 6) is -0.384. The van der Waals surface area contributed by atoms with E-state index in [9.17, 15) is 9.59 Å². The van der Waals surface area contributed by atoms with E-state index >= 15 is 0 Å². The van der Waals surface area contributed by atoms with Gasteiger partial charge in [-0.2, -0.15) is 5.10 Å². The van der Waals surface area contributed by atoms with Crippen LogP contribution in [0.5, 0.6) is 5.75 Å². The summed E-state index contributed by atoms with van der Waals surface area (Å²) in [6.07, 6.45) is 2.11. The molecular weight excluding hydrogens is 286 g/mol. The van der Waals surface area contributed by atoms with E-state index in [2.05, 4.69) is 10.4 Å². The van der Waals surface area contributed by atoms with Gasteiger partial charge in [0.2, 0.25) is 5.91 Å². The van der Waals surface area contributed by atoms with E-state index in [4.69, 9.17) is 9.84 Å². The number of nitrogens with one attached hydrogen (secondary N) is 1. The highest BCUT2D eigenvalue weighted by atomic mass is 16.5. The number of rotatable bonds is 4. The maximum absolute atomic E-state index is 12.4. The van der Waals surface area contributed by atoms with Crippen molar-refractivity contribution >= 4 is 17.7 Å². The Morgan fingerprint density at radius 1 is 1.36 bits per heavy atom. The van der Waals surface area contributed by atoms with Gasteiger partial charge in [0.05, 0.1) is 12.5 Å². The van der Waals surface area contributed by atoms with Gasteiger partial charge in [-0.3, -0.25) is 14.3 Å². The first-order valence-electron chi connectivity index (χ1n) is 6.91. The number of aromatic nitrogens is 2. The van der Waals surface area contributed by atoms with Gasteiger partial charge in [0, 0.05) is 17.8 Å². The predicted octanol–water partition coefficient (Wildman–Crippen LogP) is 1.47. The lowest BCUT2D eigenvalue weighted by Gasteiger charge is -2.24. The molecule has 0 fully saturated rings. The van der Waals surface area contributed by atoms with Crippen LogP contribution in [-0.4, -0.2) is 33.4 Å². The molecule has 0 saturated heterocycles. The standard InChI is InChI=1S/C15H15N3O4/c19-14(20)9-18-7-5-13(17-18)16-15(21)11-6-8-22-12-4-2-1-3-10(11)12/h1-5,7,11H,6,8-9H2,(H,19,20)(H,16,17,21). The number of carboxylic acids is 1. The average molecular weight is 301 g/mol. The summed E-state index contributed by atoms with van der Waals surface area (Å²) in [4.78, 5) is 23.1. The van der Waals surface area contributed by atoms with Crippen molar-refractivity contribution in [1.29, 1.82) is 0 Å². The molecule has 3 rings (SSSR count). The van der Waals surface area contributed by atoms with Crippen LogP contribution >= 0.6 is 0 Å². The van der Waals surface area contributed by atoms with Crippen LogP contribution in [0.2, 0.25) is 0 Å². The molecular formula is C15H15N3O4. The van der Waals surface area contributed by atoms with Gasteiger partial charge >= 0.3 is 5.97 Å². The summed E-state index contributed by atoms with van der Waals surface area (Å²) in [6, 6.07) is 9.03. The highest BCUT2D eigenvalue weighted by molar-refractivity contribution is 5.95. The van der Waals surface area contributed by atoms with Crippen LogP contribution in [-0.2, 0) is 16.1 Å². The molecule has 0 spiro atoms. The summed E-state index contributed by atoms with van der Waals surface area (Å²) in [5.41, 5.74) is 0.858. The van der Waals surface area contributed by atoms with Crippen molar-refractivity contribution in [2.24, 2.45) is 0 Å². The molecule has 114 valence electrons. The number of nitrogens with zero attached hydrogens (tertiary/aromatic N) is 2. The van der Waals surface area contributed by atoms with Gasteiger partial charge in [-0.25, -0.2) is 0 Å². The fraction of sp³-hybridized carbons (Fsp3) is 0.267. The van der Waals surface area contributed by atoms with Crippen molar-refractivity contribution in [3.8, 4) is 5.75 Å². The van der Waals surface area contributed by atoms with E-state index in [0.29, 0.717) is 18.8 Å². The van der Waals surface area contributed by atoms with Crippen LogP contribution < -0.4 is 10.1 Å². The third-order valence-electron chi connectivity index (χ3n) is 3.46. The van der Waals surface area contributed by atoms with Gasteiger partial charge in [0.25, 0.3) is 0 Å². The van der Waals surface area contributed by atoms with Gasteiger partial charge in [0.1, 0.15) is 12.3 Å². The minimum Gasteiger partial charge on any atom is -0.493 e. The summed E-state index contributed by atoms with van der Waals surface area (Å²) in [6.45, 7) is 0.249. The van der Waals surface area contributed by atoms with Crippen molar-refractivity contribution in [2.75, 3.05) is 11.9 Å². The molecule has 0 saturated carbocycles. The van der Waals surface area contributed by atoms with Gasteiger partial charge in [-0.05, 0) is 12.5 Å². The molecule has 1 unspecified atom stereocenters. The Morgan fingerprint density at radius 2 is 2.18 bits per heavy atom. The lowest BCUT2D eigenvalue weighted by atomic mass is 9.92. The van der Waals surface area contributed by atoms with Crippen LogP contribution in [0.15, 0.2) is 36.5 Å². The maximum Gasteiger partial charge on any atom is 0.325 e. The highest BCUT2D eigenvalue weighted by Crippen LogP contribution is 2.33. The van der Waals surface area contributed by atoms with Gasteiger partial charge in [-0.1, -0.05) is 18.2 Å². The fourth-order valence-corrected chi connectivity index (χ4v) is 2.48. The Kier molecular flexibility index (Phi) is 3.78. The molecule has 0 radical (unpaired) electrons. The zero-order valence-corrected chi connectivity index (χ0v) is 11.7. The van der Waals surface area contributed by atoms with Crippen LogP contribution in [0, 0.1) is 0 Å². The molecule has 0 bridgehead atoms. The Bertz CT molecular complexity index is 710. The fourth-order valence-electron chi connectivity index (χ4n) is 2.48.